The van der Waals surface area contributed by atoms with E-state index in [0.717, 1.165) is 25.7 Å². The average molecular weight is 368 g/mol. The number of rotatable bonds is 2. The normalized spacial score (nSPS) is 26.2. The van der Waals surface area contributed by atoms with Gasteiger partial charge in [-0.25, -0.2) is 4.79 Å². The highest BCUT2D eigenvalue weighted by Crippen LogP contribution is 2.28. The topological polar surface area (TPSA) is 68.3 Å². The molecule has 0 bridgehead atoms. The number of hydrogen-bond acceptors (Lipinski definition) is 5. The van der Waals surface area contributed by atoms with Gasteiger partial charge in [0.25, 0.3) is 0 Å². The maximum atomic E-state index is 13.1. The van der Waals surface area contributed by atoms with Crippen molar-refractivity contribution in [2.24, 2.45) is 5.92 Å². The highest BCUT2D eigenvalue weighted by atomic mass is 16.7. The van der Waals surface area contributed by atoms with Crippen molar-refractivity contribution in [1.82, 2.24) is 9.80 Å². The van der Waals surface area contributed by atoms with Gasteiger partial charge in [0, 0.05) is 25.6 Å². The monoisotopic (exact) mass is 368 g/mol. The first-order chi connectivity index (χ1) is 12.3. The minimum absolute atomic E-state index is 0.0577. The third-order valence-corrected chi connectivity index (χ3v) is 5.30. The van der Waals surface area contributed by atoms with Crippen LogP contribution in [0, 0.1) is 5.92 Å². The predicted molar refractivity (Wildman–Crippen MR) is 95.6 cm³/mol. The molecular formula is C19H32N2O5. The van der Waals surface area contributed by atoms with Gasteiger partial charge in [-0.2, -0.15) is 0 Å². The molecule has 1 atom stereocenters. The molecular weight excluding hydrogens is 336 g/mol. The molecule has 3 rings (SSSR count). The van der Waals surface area contributed by atoms with E-state index in [1.807, 2.05) is 25.7 Å². The summed E-state index contributed by atoms with van der Waals surface area (Å²) in [5, 5.41) is 0. The Bertz CT molecular complexity index is 505. The molecule has 3 saturated heterocycles. The lowest BCUT2D eigenvalue weighted by Crippen LogP contribution is -2.55. The van der Waals surface area contributed by atoms with E-state index in [9.17, 15) is 9.59 Å². The van der Waals surface area contributed by atoms with Crippen LogP contribution in [-0.2, 0) is 19.0 Å². The van der Waals surface area contributed by atoms with E-state index >= 15 is 0 Å². The Morgan fingerprint density at radius 3 is 2.23 bits per heavy atom. The number of carbonyl (C=O) groups excluding carboxylic acids is 2. The molecule has 7 nitrogen and oxygen atoms in total. The Hall–Kier alpha value is -1.34. The van der Waals surface area contributed by atoms with Crippen molar-refractivity contribution < 1.29 is 23.8 Å². The predicted octanol–water partition coefficient (Wildman–Crippen LogP) is 2.39. The van der Waals surface area contributed by atoms with Gasteiger partial charge in [-0.1, -0.05) is 0 Å². The number of ether oxygens (including phenoxy) is 3. The average Bonchev–Trinajstić information content (AvgIpc) is 3.14. The molecule has 0 aromatic heterocycles. The number of likely N-dealkylation sites (tertiary alicyclic amines) is 2. The minimum atomic E-state index is -0.554. The van der Waals surface area contributed by atoms with Crippen LogP contribution in [0.25, 0.3) is 0 Å². The summed E-state index contributed by atoms with van der Waals surface area (Å²) in [6.45, 7) is 8.87. The van der Waals surface area contributed by atoms with Crippen LogP contribution in [0.5, 0.6) is 0 Å². The van der Waals surface area contributed by atoms with Gasteiger partial charge in [0.15, 0.2) is 6.29 Å². The van der Waals surface area contributed by atoms with E-state index in [1.165, 1.54) is 0 Å². The molecule has 3 fully saturated rings. The van der Waals surface area contributed by atoms with E-state index in [1.54, 1.807) is 4.90 Å². The lowest BCUT2D eigenvalue weighted by molar-refractivity contribution is -0.143. The minimum Gasteiger partial charge on any atom is -0.444 e. The van der Waals surface area contributed by atoms with Crippen LogP contribution in [0.2, 0.25) is 0 Å². The number of piperidine rings is 2. The van der Waals surface area contributed by atoms with Crippen LogP contribution in [0.4, 0.5) is 4.79 Å². The second-order valence-corrected chi connectivity index (χ2v) is 8.46. The van der Waals surface area contributed by atoms with Gasteiger partial charge in [0.1, 0.15) is 11.6 Å². The maximum Gasteiger partial charge on any atom is 0.410 e. The summed E-state index contributed by atoms with van der Waals surface area (Å²) in [5.41, 5.74) is -0.554. The molecule has 3 heterocycles. The Morgan fingerprint density at radius 1 is 0.962 bits per heavy atom. The molecule has 3 aliphatic rings. The lowest BCUT2D eigenvalue weighted by atomic mass is 9.94. The second-order valence-electron chi connectivity index (χ2n) is 8.46. The van der Waals surface area contributed by atoms with Gasteiger partial charge >= 0.3 is 6.09 Å². The molecule has 3 aliphatic heterocycles. The van der Waals surface area contributed by atoms with Crippen molar-refractivity contribution in [2.45, 2.75) is 70.8 Å². The summed E-state index contributed by atoms with van der Waals surface area (Å²) >= 11 is 0. The summed E-state index contributed by atoms with van der Waals surface area (Å²) in [4.78, 5) is 29.1. The van der Waals surface area contributed by atoms with Gasteiger partial charge in [-0.3, -0.25) is 9.69 Å². The van der Waals surface area contributed by atoms with Gasteiger partial charge in [-0.05, 0) is 52.9 Å². The summed E-state index contributed by atoms with van der Waals surface area (Å²) < 4.78 is 16.7. The zero-order valence-electron chi connectivity index (χ0n) is 16.2. The van der Waals surface area contributed by atoms with E-state index in [-0.39, 0.29) is 18.3 Å². The van der Waals surface area contributed by atoms with E-state index in [4.69, 9.17) is 14.2 Å². The third-order valence-electron chi connectivity index (χ3n) is 5.30. The molecule has 0 aliphatic carbocycles. The van der Waals surface area contributed by atoms with Crippen molar-refractivity contribution in [1.29, 1.82) is 0 Å². The fraction of sp³-hybridized carbons (Fsp3) is 0.895. The maximum absolute atomic E-state index is 13.1. The van der Waals surface area contributed by atoms with E-state index in [0.29, 0.717) is 45.2 Å². The molecule has 26 heavy (non-hydrogen) atoms. The van der Waals surface area contributed by atoms with Crippen molar-refractivity contribution in [3.63, 3.8) is 0 Å². The van der Waals surface area contributed by atoms with E-state index in [2.05, 4.69) is 0 Å². The molecule has 2 amide bonds. The van der Waals surface area contributed by atoms with Gasteiger partial charge in [0.2, 0.25) is 5.91 Å². The smallest absolute Gasteiger partial charge is 0.410 e. The largest absolute Gasteiger partial charge is 0.444 e. The quantitative estimate of drug-likeness (QED) is 0.749. The zero-order chi connectivity index (χ0) is 18.7. The van der Waals surface area contributed by atoms with Gasteiger partial charge in [-0.15, -0.1) is 0 Å². The van der Waals surface area contributed by atoms with Crippen LogP contribution in [0.1, 0.15) is 52.9 Å². The molecule has 148 valence electrons. The highest BCUT2D eigenvalue weighted by molar-refractivity contribution is 5.86. The first kappa shape index (κ1) is 19.4. The van der Waals surface area contributed by atoms with Crippen LogP contribution in [0.15, 0.2) is 0 Å². The summed E-state index contributed by atoms with van der Waals surface area (Å²) in [6, 6.07) is -0.394. The molecule has 1 unspecified atom stereocenters. The second kappa shape index (κ2) is 8.13. The Balaban J connectivity index is 1.57. The lowest BCUT2D eigenvalue weighted by Gasteiger charge is -2.40. The molecule has 0 N–H and O–H groups in total. The van der Waals surface area contributed by atoms with Gasteiger partial charge in [0.05, 0.1) is 13.2 Å². The summed E-state index contributed by atoms with van der Waals surface area (Å²) in [7, 11) is 0. The number of amides is 2. The number of nitrogens with zero attached hydrogens (tertiary/aromatic N) is 2. The number of carbonyl (C=O) groups is 2. The van der Waals surface area contributed by atoms with Crippen LogP contribution in [-0.4, -0.2) is 72.6 Å². The molecule has 0 saturated carbocycles. The van der Waals surface area contributed by atoms with Gasteiger partial charge < -0.3 is 19.1 Å². The number of hydrogen-bond donors (Lipinski definition) is 0. The Labute approximate surface area is 155 Å². The molecule has 0 aromatic carbocycles. The zero-order valence-corrected chi connectivity index (χ0v) is 16.2. The standard InChI is InChI=1S/C19H32N2O5/c1-19(2,3)26-18(23)21-9-5-4-6-15(21)16(22)20-10-7-14(8-11-20)17-24-12-13-25-17/h14-15,17H,4-13H2,1-3H3. The highest BCUT2D eigenvalue weighted by Gasteiger charge is 2.39. The molecule has 0 radical (unpaired) electrons. The molecule has 0 aromatic rings. The SMILES string of the molecule is CC(C)(C)OC(=O)N1CCCCC1C(=O)N1CCC(C2OCCO2)CC1. The first-order valence-electron chi connectivity index (χ1n) is 9.87. The van der Waals surface area contributed by atoms with Crippen LogP contribution < -0.4 is 0 Å². The molecule has 7 heteroatoms. The molecule has 0 spiro atoms. The first-order valence-corrected chi connectivity index (χ1v) is 9.87. The van der Waals surface area contributed by atoms with Crippen molar-refractivity contribution in [3.8, 4) is 0 Å². The van der Waals surface area contributed by atoms with Crippen molar-refractivity contribution >= 4 is 12.0 Å². The fourth-order valence-electron chi connectivity index (χ4n) is 3.98. The summed E-state index contributed by atoms with van der Waals surface area (Å²) in [6.07, 6.45) is 3.88. The van der Waals surface area contributed by atoms with Crippen molar-refractivity contribution in [3.05, 3.63) is 0 Å². The Morgan fingerprint density at radius 2 is 1.62 bits per heavy atom. The fourth-order valence-corrected chi connectivity index (χ4v) is 3.98. The summed E-state index contributed by atoms with van der Waals surface area (Å²) in [5.74, 6) is 0.414. The third kappa shape index (κ3) is 4.68. The van der Waals surface area contributed by atoms with E-state index < -0.39 is 11.6 Å². The van der Waals surface area contributed by atoms with Crippen molar-refractivity contribution in [2.75, 3.05) is 32.8 Å². The Kier molecular flexibility index (Phi) is 6.07. The van der Waals surface area contributed by atoms with Crippen LogP contribution >= 0.6 is 0 Å². The van der Waals surface area contributed by atoms with Crippen LogP contribution in [0.3, 0.4) is 0 Å².